The fourth-order valence-electron chi connectivity index (χ4n) is 2.05. The molecule has 1 unspecified atom stereocenters. The molecule has 19 heavy (non-hydrogen) atoms. The van der Waals surface area contributed by atoms with Crippen LogP contribution in [0.15, 0.2) is 0 Å². The van der Waals surface area contributed by atoms with Crippen molar-refractivity contribution >= 4 is 12.1 Å². The summed E-state index contributed by atoms with van der Waals surface area (Å²) in [5, 5.41) is 17.9. The number of hydrogen-bond acceptors (Lipinski definition) is 4. The van der Waals surface area contributed by atoms with Gasteiger partial charge in [0.1, 0.15) is 5.60 Å². The molecule has 1 N–H and O–H groups in total. The highest BCUT2D eigenvalue weighted by atomic mass is 16.6. The first kappa shape index (κ1) is 15.3. The summed E-state index contributed by atoms with van der Waals surface area (Å²) < 4.78 is 5.25. The summed E-state index contributed by atoms with van der Waals surface area (Å²) in [5.74, 6) is -0.926. The summed E-state index contributed by atoms with van der Waals surface area (Å²) >= 11 is 0. The minimum absolute atomic E-state index is 0.0598. The van der Waals surface area contributed by atoms with Crippen LogP contribution in [0.1, 0.15) is 40.0 Å². The largest absolute Gasteiger partial charge is 0.481 e. The molecule has 106 valence electrons. The molecular formula is C13H20N2O4. The molecule has 1 aliphatic rings. The topological polar surface area (TPSA) is 90.6 Å². The Hall–Kier alpha value is -1.77. The van der Waals surface area contributed by atoms with Crippen LogP contribution in [0.3, 0.4) is 0 Å². The summed E-state index contributed by atoms with van der Waals surface area (Å²) in [6.07, 6.45) is 0.254. The monoisotopic (exact) mass is 268 g/mol. The molecule has 0 aromatic rings. The van der Waals surface area contributed by atoms with Crippen LogP contribution in [0, 0.1) is 16.7 Å². The highest BCUT2D eigenvalue weighted by Crippen LogP contribution is 2.35. The molecule has 0 aromatic carbocycles. The summed E-state index contributed by atoms with van der Waals surface area (Å²) in [6, 6.07) is 2.17. The van der Waals surface area contributed by atoms with Crippen LogP contribution in [-0.4, -0.2) is 40.8 Å². The maximum Gasteiger partial charge on any atom is 0.410 e. The number of amides is 1. The van der Waals surface area contributed by atoms with Crippen molar-refractivity contribution in [2.24, 2.45) is 5.41 Å². The van der Waals surface area contributed by atoms with E-state index in [2.05, 4.69) is 6.07 Å². The molecule has 0 radical (unpaired) electrons. The number of rotatable bonds is 3. The van der Waals surface area contributed by atoms with Crippen LogP contribution in [0.4, 0.5) is 4.79 Å². The van der Waals surface area contributed by atoms with Gasteiger partial charge in [-0.2, -0.15) is 5.26 Å². The average molecular weight is 268 g/mol. The molecule has 0 bridgehead atoms. The molecule has 1 aliphatic heterocycles. The molecule has 6 nitrogen and oxygen atoms in total. The van der Waals surface area contributed by atoms with Gasteiger partial charge in [0.2, 0.25) is 0 Å². The van der Waals surface area contributed by atoms with E-state index >= 15 is 0 Å². The fourth-order valence-corrected chi connectivity index (χ4v) is 2.05. The molecule has 1 atom stereocenters. The zero-order valence-corrected chi connectivity index (χ0v) is 11.6. The Labute approximate surface area is 112 Å². The van der Waals surface area contributed by atoms with Crippen LogP contribution in [0.25, 0.3) is 0 Å². The summed E-state index contributed by atoms with van der Waals surface area (Å²) in [5.41, 5.74) is -1.33. The Kier molecular flexibility index (Phi) is 4.40. The maximum atomic E-state index is 11.9. The predicted octanol–water partition coefficient (Wildman–Crippen LogP) is 2.00. The normalized spacial score (nSPS) is 22.9. The molecule has 1 amide bonds. The van der Waals surface area contributed by atoms with E-state index in [1.807, 2.05) is 0 Å². The first-order valence-corrected chi connectivity index (χ1v) is 6.28. The van der Waals surface area contributed by atoms with Crippen LogP contribution in [0.2, 0.25) is 0 Å². The average Bonchev–Trinajstić information content (AvgIpc) is 2.69. The van der Waals surface area contributed by atoms with E-state index in [0.717, 1.165) is 0 Å². The number of hydrogen-bond donors (Lipinski definition) is 1. The Bertz CT molecular complexity index is 408. The number of carbonyl (C=O) groups is 2. The summed E-state index contributed by atoms with van der Waals surface area (Å²) in [4.78, 5) is 24.0. The Balaban J connectivity index is 2.62. The van der Waals surface area contributed by atoms with Crippen molar-refractivity contribution in [3.8, 4) is 6.07 Å². The van der Waals surface area contributed by atoms with E-state index in [4.69, 9.17) is 9.84 Å². The quantitative estimate of drug-likeness (QED) is 0.845. The fraction of sp³-hybridized carbons (Fsp3) is 0.769. The molecule has 0 saturated carbocycles. The lowest BCUT2D eigenvalue weighted by Crippen LogP contribution is -2.36. The molecule has 1 saturated heterocycles. The third kappa shape index (κ3) is 4.43. The van der Waals surface area contributed by atoms with Gasteiger partial charge in [0.15, 0.2) is 0 Å². The molecule has 0 aromatic heterocycles. The van der Waals surface area contributed by atoms with E-state index in [1.54, 1.807) is 20.8 Å². The third-order valence-electron chi connectivity index (χ3n) is 3.06. The molecule has 1 heterocycles. The highest BCUT2D eigenvalue weighted by Gasteiger charge is 2.41. The summed E-state index contributed by atoms with van der Waals surface area (Å²) in [7, 11) is 0. The van der Waals surface area contributed by atoms with Gasteiger partial charge in [-0.3, -0.25) is 4.79 Å². The number of aliphatic carboxylic acids is 1. The second-order valence-corrected chi connectivity index (χ2v) is 5.94. The van der Waals surface area contributed by atoms with Crippen molar-refractivity contribution in [3.63, 3.8) is 0 Å². The second kappa shape index (κ2) is 5.47. The SMILES string of the molecule is CC(C)(C)OC(=O)N1CCC(C#N)(CCC(=O)O)C1. The van der Waals surface area contributed by atoms with Gasteiger partial charge in [0.05, 0.1) is 11.5 Å². The van der Waals surface area contributed by atoms with E-state index in [9.17, 15) is 14.9 Å². The van der Waals surface area contributed by atoms with Gasteiger partial charge in [-0.05, 0) is 33.6 Å². The van der Waals surface area contributed by atoms with Crippen molar-refractivity contribution in [2.75, 3.05) is 13.1 Å². The minimum atomic E-state index is -0.926. The lowest BCUT2D eigenvalue weighted by Gasteiger charge is -2.25. The number of likely N-dealkylation sites (tertiary alicyclic amines) is 1. The number of carboxylic acids is 1. The first-order chi connectivity index (χ1) is 8.67. The van der Waals surface area contributed by atoms with E-state index < -0.39 is 23.1 Å². The van der Waals surface area contributed by atoms with E-state index in [-0.39, 0.29) is 19.4 Å². The van der Waals surface area contributed by atoms with Crippen molar-refractivity contribution in [2.45, 2.75) is 45.6 Å². The minimum Gasteiger partial charge on any atom is -0.481 e. The van der Waals surface area contributed by atoms with E-state index in [0.29, 0.717) is 13.0 Å². The van der Waals surface area contributed by atoms with Gasteiger partial charge < -0.3 is 14.7 Å². The molecule has 0 aliphatic carbocycles. The smallest absolute Gasteiger partial charge is 0.410 e. The van der Waals surface area contributed by atoms with Gasteiger partial charge >= 0.3 is 12.1 Å². The highest BCUT2D eigenvalue weighted by molar-refractivity contribution is 5.69. The standard InChI is InChI=1S/C13H20N2O4/c1-12(2,3)19-11(18)15-7-6-13(8-14,9-15)5-4-10(16)17/h4-7,9H2,1-3H3,(H,16,17). The maximum absolute atomic E-state index is 11.9. The lowest BCUT2D eigenvalue weighted by atomic mass is 9.84. The first-order valence-electron chi connectivity index (χ1n) is 6.28. The molecular weight excluding hydrogens is 248 g/mol. The van der Waals surface area contributed by atoms with Crippen molar-refractivity contribution in [1.82, 2.24) is 4.90 Å². The van der Waals surface area contributed by atoms with Gasteiger partial charge in [0.25, 0.3) is 0 Å². The lowest BCUT2D eigenvalue weighted by molar-refractivity contribution is -0.137. The molecule has 1 fully saturated rings. The van der Waals surface area contributed by atoms with Crippen molar-refractivity contribution in [1.29, 1.82) is 5.26 Å². The van der Waals surface area contributed by atoms with Crippen LogP contribution in [0.5, 0.6) is 0 Å². The number of carbonyl (C=O) groups excluding carboxylic acids is 1. The van der Waals surface area contributed by atoms with Crippen molar-refractivity contribution < 1.29 is 19.4 Å². The van der Waals surface area contributed by atoms with Crippen LogP contribution < -0.4 is 0 Å². The van der Waals surface area contributed by atoms with Gasteiger partial charge in [-0.15, -0.1) is 0 Å². The van der Waals surface area contributed by atoms with Crippen molar-refractivity contribution in [3.05, 3.63) is 0 Å². The third-order valence-corrected chi connectivity index (χ3v) is 3.06. The Morgan fingerprint density at radius 3 is 2.58 bits per heavy atom. The second-order valence-electron chi connectivity index (χ2n) is 5.94. The zero-order valence-electron chi connectivity index (χ0n) is 11.6. The Morgan fingerprint density at radius 2 is 2.11 bits per heavy atom. The number of ether oxygens (including phenoxy) is 1. The number of nitriles is 1. The van der Waals surface area contributed by atoms with E-state index in [1.165, 1.54) is 4.90 Å². The molecule has 0 spiro atoms. The number of carboxylic acid groups (broad SMARTS) is 1. The summed E-state index contributed by atoms with van der Waals surface area (Å²) in [6.45, 7) is 6.02. The molecule has 6 heteroatoms. The Morgan fingerprint density at radius 1 is 1.47 bits per heavy atom. The van der Waals surface area contributed by atoms with Crippen LogP contribution in [-0.2, 0) is 9.53 Å². The number of nitrogens with zero attached hydrogens (tertiary/aromatic N) is 2. The predicted molar refractivity (Wildman–Crippen MR) is 67.3 cm³/mol. The van der Waals surface area contributed by atoms with Gasteiger partial charge in [-0.1, -0.05) is 0 Å². The van der Waals surface area contributed by atoms with Crippen LogP contribution >= 0.6 is 0 Å². The zero-order chi connectivity index (χ0) is 14.7. The molecule has 1 rings (SSSR count). The van der Waals surface area contributed by atoms with Gasteiger partial charge in [-0.25, -0.2) is 4.79 Å². The van der Waals surface area contributed by atoms with Gasteiger partial charge in [0, 0.05) is 19.5 Å².